The van der Waals surface area contributed by atoms with E-state index in [2.05, 4.69) is 14.7 Å². The largest absolute Gasteiger partial charge is 0.497 e. The molecule has 0 saturated carbocycles. The van der Waals surface area contributed by atoms with E-state index in [0.717, 1.165) is 12.3 Å². The summed E-state index contributed by atoms with van der Waals surface area (Å²) in [6.45, 7) is 0. The molecule has 2 heterocycles. The first-order valence-electron chi connectivity index (χ1n) is 8.23. The number of nitrogens with zero attached hydrogens (tertiary/aromatic N) is 2. The van der Waals surface area contributed by atoms with Gasteiger partial charge in [-0.1, -0.05) is 23.7 Å². The molecule has 14 heteroatoms. The fourth-order valence-corrected chi connectivity index (χ4v) is 4.89. The summed E-state index contributed by atoms with van der Waals surface area (Å²) in [5.41, 5.74) is -4.05. The number of halogens is 4. The molecule has 3 rings (SSSR count). The third-order valence-electron chi connectivity index (χ3n) is 3.82. The minimum Gasteiger partial charge on any atom is -0.268 e. The van der Waals surface area contributed by atoms with E-state index in [-0.39, 0.29) is 16.4 Å². The van der Waals surface area contributed by atoms with Crippen molar-refractivity contribution >= 4 is 48.6 Å². The first-order chi connectivity index (χ1) is 14.2. The standard InChI is InChI=1S/C17H13ClF3N3O4S3/c1-30(25,26)24-15-7-11(4-5-22-15)16-23-14(8-29-16)12-3-2-10(6-13(12)18)9-31(27,28)17(19,20)21/h2-8H,9H2,1H3,(H,22,24). The van der Waals surface area contributed by atoms with Gasteiger partial charge in [0.1, 0.15) is 10.8 Å². The van der Waals surface area contributed by atoms with Gasteiger partial charge in [-0.15, -0.1) is 11.3 Å². The summed E-state index contributed by atoms with van der Waals surface area (Å²) < 4.78 is 85.4. The van der Waals surface area contributed by atoms with Crippen LogP contribution in [-0.2, 0) is 25.6 Å². The predicted molar refractivity (Wildman–Crippen MR) is 113 cm³/mol. The van der Waals surface area contributed by atoms with Gasteiger partial charge in [0.25, 0.3) is 9.84 Å². The van der Waals surface area contributed by atoms with E-state index >= 15 is 0 Å². The van der Waals surface area contributed by atoms with E-state index in [1.54, 1.807) is 11.4 Å². The van der Waals surface area contributed by atoms with E-state index < -0.39 is 31.1 Å². The molecule has 0 aliphatic carbocycles. The van der Waals surface area contributed by atoms with E-state index in [1.807, 2.05) is 0 Å². The van der Waals surface area contributed by atoms with Crippen molar-refractivity contribution in [1.29, 1.82) is 0 Å². The molecule has 0 saturated heterocycles. The van der Waals surface area contributed by atoms with Crippen molar-refractivity contribution in [1.82, 2.24) is 9.97 Å². The van der Waals surface area contributed by atoms with Crippen LogP contribution < -0.4 is 4.72 Å². The lowest BCUT2D eigenvalue weighted by Crippen LogP contribution is -2.24. The highest BCUT2D eigenvalue weighted by Crippen LogP contribution is 2.35. The number of hydrogen-bond acceptors (Lipinski definition) is 7. The average Bonchev–Trinajstić information content (AvgIpc) is 3.09. The van der Waals surface area contributed by atoms with Gasteiger partial charge in [-0.25, -0.2) is 26.8 Å². The zero-order valence-electron chi connectivity index (χ0n) is 15.5. The lowest BCUT2D eigenvalue weighted by Gasteiger charge is -2.09. The molecule has 3 aromatic rings. The van der Waals surface area contributed by atoms with E-state index in [1.165, 1.54) is 35.7 Å². The number of hydrogen-bond donors (Lipinski definition) is 1. The number of rotatable bonds is 6. The monoisotopic (exact) mass is 511 g/mol. The number of benzene rings is 1. The summed E-state index contributed by atoms with van der Waals surface area (Å²) in [5.74, 6) is -1.10. The van der Waals surface area contributed by atoms with Crippen LogP contribution >= 0.6 is 22.9 Å². The smallest absolute Gasteiger partial charge is 0.268 e. The second-order valence-electron chi connectivity index (χ2n) is 6.36. The molecule has 0 aliphatic rings. The van der Waals surface area contributed by atoms with Gasteiger partial charge in [-0.2, -0.15) is 13.2 Å². The zero-order valence-corrected chi connectivity index (χ0v) is 18.7. The maximum Gasteiger partial charge on any atom is 0.497 e. The highest BCUT2D eigenvalue weighted by atomic mass is 35.5. The maximum absolute atomic E-state index is 12.6. The molecule has 0 fully saturated rings. The fraction of sp³-hybridized carbons (Fsp3) is 0.176. The predicted octanol–water partition coefficient (Wildman–Crippen LogP) is 4.33. The molecule has 0 radical (unpaired) electrons. The van der Waals surface area contributed by atoms with Gasteiger partial charge in [-0.05, 0) is 23.8 Å². The molecule has 31 heavy (non-hydrogen) atoms. The minimum atomic E-state index is -5.35. The molecule has 0 aliphatic heterocycles. The van der Waals surface area contributed by atoms with Crippen LogP contribution in [-0.4, -0.2) is 38.6 Å². The molecule has 0 unspecified atom stereocenters. The van der Waals surface area contributed by atoms with Gasteiger partial charge in [0.05, 0.1) is 22.7 Å². The SMILES string of the molecule is CS(=O)(=O)Nc1cc(-c2nc(-c3ccc(CS(=O)(=O)C(F)(F)F)cc3Cl)cs2)ccn1. The topological polar surface area (TPSA) is 106 Å². The summed E-state index contributed by atoms with van der Waals surface area (Å²) in [5, 5.41) is 2.22. The van der Waals surface area contributed by atoms with E-state index in [0.29, 0.717) is 21.8 Å². The number of sulfonamides is 1. The van der Waals surface area contributed by atoms with Crippen LogP contribution in [0.1, 0.15) is 5.56 Å². The van der Waals surface area contributed by atoms with Crippen LogP contribution in [0, 0.1) is 0 Å². The molecule has 0 bridgehead atoms. The Labute approximate surface area is 184 Å². The Balaban J connectivity index is 1.87. The van der Waals surface area contributed by atoms with Gasteiger partial charge in [0.2, 0.25) is 10.0 Å². The van der Waals surface area contributed by atoms with Crippen molar-refractivity contribution in [2.45, 2.75) is 11.3 Å². The van der Waals surface area contributed by atoms with Crippen molar-refractivity contribution in [3.05, 3.63) is 52.5 Å². The minimum absolute atomic E-state index is 0.0425. The molecule has 1 aromatic carbocycles. The van der Waals surface area contributed by atoms with Gasteiger partial charge in [-0.3, -0.25) is 4.72 Å². The normalized spacial score (nSPS) is 12.7. The van der Waals surface area contributed by atoms with Crippen LogP contribution in [0.15, 0.2) is 41.9 Å². The van der Waals surface area contributed by atoms with Crippen LogP contribution in [0.3, 0.4) is 0 Å². The third kappa shape index (κ3) is 5.73. The van der Waals surface area contributed by atoms with Crippen LogP contribution in [0.5, 0.6) is 0 Å². The van der Waals surface area contributed by atoms with Gasteiger partial charge < -0.3 is 0 Å². The molecule has 0 spiro atoms. The van der Waals surface area contributed by atoms with Crippen LogP contribution in [0.25, 0.3) is 21.8 Å². The molecular weight excluding hydrogens is 499 g/mol. The molecule has 1 N–H and O–H groups in total. The summed E-state index contributed by atoms with van der Waals surface area (Å²) in [7, 11) is -8.83. The van der Waals surface area contributed by atoms with Crippen molar-refractivity contribution in [3.63, 3.8) is 0 Å². The second-order valence-corrected chi connectivity index (χ2v) is 11.4. The number of alkyl halides is 3. The molecular formula is C17H13ClF3N3O4S3. The number of pyridine rings is 1. The van der Waals surface area contributed by atoms with Crippen molar-refractivity contribution in [3.8, 4) is 21.8 Å². The second kappa shape index (κ2) is 8.37. The number of anilines is 1. The van der Waals surface area contributed by atoms with Gasteiger partial charge in [0.15, 0.2) is 0 Å². The Bertz CT molecular complexity index is 1340. The van der Waals surface area contributed by atoms with Crippen LogP contribution in [0.4, 0.5) is 19.0 Å². The van der Waals surface area contributed by atoms with Crippen molar-refractivity contribution < 1.29 is 30.0 Å². The highest BCUT2D eigenvalue weighted by molar-refractivity contribution is 7.92. The summed E-state index contributed by atoms with van der Waals surface area (Å²) in [6, 6.07) is 6.91. The lowest BCUT2D eigenvalue weighted by atomic mass is 10.1. The van der Waals surface area contributed by atoms with E-state index in [9.17, 15) is 30.0 Å². The zero-order chi connectivity index (χ0) is 23.0. The summed E-state index contributed by atoms with van der Waals surface area (Å²) in [4.78, 5) is 8.35. The molecule has 2 aromatic heterocycles. The van der Waals surface area contributed by atoms with E-state index in [4.69, 9.17) is 11.6 Å². The quantitative estimate of drug-likeness (QED) is 0.528. The maximum atomic E-state index is 12.6. The fourth-order valence-electron chi connectivity index (χ4n) is 2.50. The molecule has 166 valence electrons. The van der Waals surface area contributed by atoms with Crippen molar-refractivity contribution in [2.24, 2.45) is 0 Å². The van der Waals surface area contributed by atoms with Gasteiger partial charge >= 0.3 is 5.51 Å². The first kappa shape index (κ1) is 23.4. The Hall–Kier alpha value is -2.22. The number of thiazole rings is 1. The number of sulfone groups is 1. The Morgan fingerprint density at radius 2 is 1.84 bits per heavy atom. The molecule has 0 atom stereocenters. The summed E-state index contributed by atoms with van der Waals surface area (Å²) >= 11 is 7.39. The highest BCUT2D eigenvalue weighted by Gasteiger charge is 2.45. The number of nitrogens with one attached hydrogen (secondary N) is 1. The Kier molecular flexibility index (Phi) is 6.33. The average molecular weight is 512 g/mol. The first-order valence-corrected chi connectivity index (χ1v) is 13.0. The molecule has 0 amide bonds. The van der Waals surface area contributed by atoms with Gasteiger partial charge in [0, 0.05) is 22.7 Å². The molecule has 7 nitrogen and oxygen atoms in total. The van der Waals surface area contributed by atoms with Crippen LogP contribution in [0.2, 0.25) is 5.02 Å². The summed E-state index contributed by atoms with van der Waals surface area (Å²) in [6.07, 6.45) is 2.40. The lowest BCUT2D eigenvalue weighted by molar-refractivity contribution is -0.0437. The van der Waals surface area contributed by atoms with Crippen molar-refractivity contribution in [2.75, 3.05) is 11.0 Å². The number of aromatic nitrogens is 2. The Morgan fingerprint density at radius 3 is 2.45 bits per heavy atom. The third-order valence-corrected chi connectivity index (χ3v) is 7.02. The Morgan fingerprint density at radius 1 is 1.13 bits per heavy atom.